The Morgan fingerprint density at radius 1 is 1.06 bits per heavy atom. The van der Waals surface area contributed by atoms with Gasteiger partial charge in [-0.15, -0.1) is 10.2 Å². The number of halogens is 4. The summed E-state index contributed by atoms with van der Waals surface area (Å²) in [6.45, 7) is 0. The van der Waals surface area contributed by atoms with Crippen LogP contribution in [0.2, 0.25) is 10.0 Å². The summed E-state index contributed by atoms with van der Waals surface area (Å²) in [6, 6.07) is 11.4. The Kier molecular flexibility index (Phi) is 6.69. The minimum Gasteiger partial charge on any atom is -0.323 e. The van der Waals surface area contributed by atoms with Crippen molar-refractivity contribution in [2.24, 2.45) is 0 Å². The molecule has 162 valence electrons. The second-order valence-corrected chi connectivity index (χ2v) is 8.20. The molecule has 4 rings (SSSR count). The van der Waals surface area contributed by atoms with Crippen LogP contribution in [0.15, 0.2) is 66.1 Å². The fraction of sp³-hybridized carbons (Fsp3) is 0.0476. The maximum Gasteiger partial charge on any atom is 0.234 e. The highest BCUT2D eigenvalue weighted by Gasteiger charge is 2.19. The smallest absolute Gasteiger partial charge is 0.234 e. The van der Waals surface area contributed by atoms with Crippen LogP contribution in [0.25, 0.3) is 17.1 Å². The van der Waals surface area contributed by atoms with Crippen molar-refractivity contribution < 1.29 is 13.6 Å². The lowest BCUT2D eigenvalue weighted by atomic mass is 10.2. The maximum atomic E-state index is 13.8. The molecule has 0 saturated carbocycles. The summed E-state index contributed by atoms with van der Waals surface area (Å²) < 4.78 is 28.8. The molecule has 0 radical (unpaired) electrons. The van der Waals surface area contributed by atoms with E-state index in [4.69, 9.17) is 23.2 Å². The van der Waals surface area contributed by atoms with Crippen LogP contribution in [0.4, 0.5) is 14.5 Å². The zero-order valence-corrected chi connectivity index (χ0v) is 18.4. The van der Waals surface area contributed by atoms with Crippen LogP contribution in [-0.4, -0.2) is 31.4 Å². The highest BCUT2D eigenvalue weighted by molar-refractivity contribution is 7.99. The third-order valence-electron chi connectivity index (χ3n) is 4.25. The van der Waals surface area contributed by atoms with E-state index in [1.54, 1.807) is 41.2 Å². The van der Waals surface area contributed by atoms with Crippen molar-refractivity contribution in [2.75, 3.05) is 11.1 Å². The molecule has 0 unspecified atom stereocenters. The molecule has 11 heteroatoms. The van der Waals surface area contributed by atoms with Gasteiger partial charge in [0.15, 0.2) is 11.0 Å². The number of pyridine rings is 1. The zero-order chi connectivity index (χ0) is 22.7. The molecular weight excluding hydrogens is 479 g/mol. The summed E-state index contributed by atoms with van der Waals surface area (Å²) in [5.41, 5.74) is 1.09. The molecule has 0 aliphatic heterocycles. The molecule has 2 aromatic heterocycles. The van der Waals surface area contributed by atoms with Crippen LogP contribution in [0.5, 0.6) is 0 Å². The highest BCUT2D eigenvalue weighted by atomic mass is 35.5. The average molecular weight is 492 g/mol. The molecule has 2 aromatic carbocycles. The zero-order valence-electron chi connectivity index (χ0n) is 16.1. The van der Waals surface area contributed by atoms with E-state index in [1.165, 1.54) is 0 Å². The number of amides is 1. The van der Waals surface area contributed by atoms with Crippen molar-refractivity contribution >= 4 is 46.6 Å². The van der Waals surface area contributed by atoms with E-state index in [1.807, 2.05) is 6.07 Å². The Hall–Kier alpha value is -3.01. The molecule has 2 heterocycles. The number of thioether (sulfide) groups is 1. The lowest BCUT2D eigenvalue weighted by molar-refractivity contribution is -0.113. The van der Waals surface area contributed by atoms with Crippen LogP contribution >= 0.6 is 35.0 Å². The summed E-state index contributed by atoms with van der Waals surface area (Å²) in [7, 11) is 0. The molecule has 6 nitrogen and oxygen atoms in total. The number of nitrogens with zero attached hydrogens (tertiary/aromatic N) is 4. The van der Waals surface area contributed by atoms with Crippen LogP contribution in [0.1, 0.15) is 0 Å². The minimum absolute atomic E-state index is 0.123. The molecule has 0 saturated heterocycles. The van der Waals surface area contributed by atoms with Gasteiger partial charge >= 0.3 is 0 Å². The number of aromatic nitrogens is 4. The third kappa shape index (κ3) is 4.90. The molecule has 1 N–H and O–H groups in total. The number of anilines is 1. The van der Waals surface area contributed by atoms with Crippen molar-refractivity contribution in [3.05, 3.63) is 82.6 Å². The Bertz CT molecular complexity index is 1290. The quantitative estimate of drug-likeness (QED) is 0.353. The van der Waals surface area contributed by atoms with Gasteiger partial charge in [0.25, 0.3) is 0 Å². The van der Waals surface area contributed by atoms with Crippen LogP contribution < -0.4 is 5.32 Å². The second kappa shape index (κ2) is 9.64. The summed E-state index contributed by atoms with van der Waals surface area (Å²) in [4.78, 5) is 16.5. The van der Waals surface area contributed by atoms with Gasteiger partial charge in [0.05, 0.1) is 27.2 Å². The van der Waals surface area contributed by atoms with E-state index in [9.17, 15) is 13.6 Å². The largest absolute Gasteiger partial charge is 0.323 e. The summed E-state index contributed by atoms with van der Waals surface area (Å²) in [5, 5.41) is 11.9. The maximum absolute atomic E-state index is 13.8. The van der Waals surface area contributed by atoms with Crippen molar-refractivity contribution in [3.63, 3.8) is 0 Å². The van der Waals surface area contributed by atoms with Gasteiger partial charge in [-0.25, -0.2) is 8.78 Å². The predicted octanol–water partition coefficient (Wildman–Crippen LogP) is 5.65. The molecule has 0 fully saturated rings. The number of carbonyl (C=O) groups excluding carboxylic acids is 1. The van der Waals surface area contributed by atoms with Gasteiger partial charge in [0.1, 0.15) is 11.6 Å². The van der Waals surface area contributed by atoms with Crippen LogP contribution in [0.3, 0.4) is 0 Å². The Morgan fingerprint density at radius 2 is 1.91 bits per heavy atom. The normalized spacial score (nSPS) is 10.9. The molecule has 0 spiro atoms. The van der Waals surface area contributed by atoms with Gasteiger partial charge in [-0.2, -0.15) is 0 Å². The molecule has 32 heavy (non-hydrogen) atoms. The number of rotatable bonds is 6. The summed E-state index contributed by atoms with van der Waals surface area (Å²) >= 11 is 13.3. The monoisotopic (exact) mass is 491 g/mol. The van der Waals surface area contributed by atoms with Gasteiger partial charge in [0.2, 0.25) is 5.91 Å². The second-order valence-electron chi connectivity index (χ2n) is 6.44. The first-order valence-corrected chi connectivity index (χ1v) is 10.9. The Morgan fingerprint density at radius 3 is 2.66 bits per heavy atom. The molecule has 0 aliphatic rings. The minimum atomic E-state index is -0.734. The van der Waals surface area contributed by atoms with E-state index in [-0.39, 0.29) is 11.4 Å². The van der Waals surface area contributed by atoms with Crippen molar-refractivity contribution in [2.45, 2.75) is 5.16 Å². The lowest BCUT2D eigenvalue weighted by Gasteiger charge is -2.11. The van der Waals surface area contributed by atoms with Crippen molar-refractivity contribution in [1.82, 2.24) is 19.7 Å². The molecule has 1 amide bonds. The number of hydrogen-bond donors (Lipinski definition) is 1. The van der Waals surface area contributed by atoms with E-state index in [2.05, 4.69) is 20.5 Å². The fourth-order valence-electron chi connectivity index (χ4n) is 2.81. The Balaban J connectivity index is 1.62. The number of benzene rings is 2. The molecule has 0 bridgehead atoms. The van der Waals surface area contributed by atoms with Gasteiger partial charge < -0.3 is 5.32 Å². The molecule has 4 aromatic rings. The van der Waals surface area contributed by atoms with Gasteiger partial charge in [0, 0.05) is 24.0 Å². The van der Waals surface area contributed by atoms with Crippen molar-refractivity contribution in [1.29, 1.82) is 0 Å². The number of nitrogens with one attached hydrogen (secondary N) is 1. The SMILES string of the molecule is O=C(CSc1nnc(-c2cccnc2)n1-c1ccc(Cl)c(Cl)c1)Nc1cc(F)ccc1F. The molecule has 0 atom stereocenters. The first kappa shape index (κ1) is 22.2. The molecule has 0 aliphatic carbocycles. The predicted molar refractivity (Wildman–Crippen MR) is 120 cm³/mol. The highest BCUT2D eigenvalue weighted by Crippen LogP contribution is 2.31. The van der Waals surface area contributed by atoms with E-state index >= 15 is 0 Å². The third-order valence-corrected chi connectivity index (χ3v) is 5.92. The Labute approximate surface area is 195 Å². The van der Waals surface area contributed by atoms with Crippen LogP contribution in [-0.2, 0) is 4.79 Å². The van der Waals surface area contributed by atoms with E-state index in [0.29, 0.717) is 32.3 Å². The van der Waals surface area contributed by atoms with Crippen molar-refractivity contribution in [3.8, 4) is 17.1 Å². The number of carbonyl (C=O) groups is 1. The first-order valence-electron chi connectivity index (χ1n) is 9.11. The van der Waals surface area contributed by atoms with Gasteiger partial charge in [-0.05, 0) is 42.5 Å². The topological polar surface area (TPSA) is 72.7 Å². The lowest BCUT2D eigenvalue weighted by Crippen LogP contribution is -2.15. The van der Waals surface area contributed by atoms with E-state index in [0.717, 1.165) is 30.0 Å². The summed E-state index contributed by atoms with van der Waals surface area (Å²) in [6.07, 6.45) is 3.26. The van der Waals surface area contributed by atoms with Crippen LogP contribution in [0, 0.1) is 11.6 Å². The number of hydrogen-bond acceptors (Lipinski definition) is 5. The van der Waals surface area contributed by atoms with Gasteiger partial charge in [-0.1, -0.05) is 35.0 Å². The summed E-state index contributed by atoms with van der Waals surface area (Å²) in [5.74, 6) is -1.57. The standard InChI is InChI=1S/C21H13Cl2F2N5OS/c22-15-5-4-14(9-16(15)23)30-20(12-2-1-7-26-10-12)28-29-21(30)32-11-19(31)27-18-8-13(24)3-6-17(18)25/h1-10H,11H2,(H,27,31). The average Bonchev–Trinajstić information content (AvgIpc) is 3.21. The molecular formula is C21H13Cl2F2N5OS. The first-order chi connectivity index (χ1) is 15.4. The van der Waals surface area contributed by atoms with Gasteiger partial charge in [-0.3, -0.25) is 14.3 Å². The van der Waals surface area contributed by atoms with E-state index < -0.39 is 17.5 Å². The fourth-order valence-corrected chi connectivity index (χ4v) is 3.86.